The third-order valence-corrected chi connectivity index (χ3v) is 3.00. The Balaban J connectivity index is 2.87. The lowest BCUT2D eigenvalue weighted by Gasteiger charge is -2.03. The Morgan fingerprint density at radius 1 is 0.765 bits per heavy atom. The summed E-state index contributed by atoms with van der Waals surface area (Å²) in [5.74, 6) is 0. The Labute approximate surface area is 107 Å². The first kappa shape index (κ1) is 16.4. The summed E-state index contributed by atoms with van der Waals surface area (Å²) < 4.78 is 5.32. The molecular weight excluding hydrogens is 210 g/mol. The summed E-state index contributed by atoms with van der Waals surface area (Å²) in [5.41, 5.74) is 0. The van der Waals surface area contributed by atoms with Crippen molar-refractivity contribution in [3.05, 3.63) is 0 Å². The predicted octanol–water partition coefficient (Wildman–Crippen LogP) is 4.84. The maximum absolute atomic E-state index is 8.31. The lowest BCUT2D eigenvalue weighted by Crippen LogP contribution is -1.95. The molecule has 0 aliphatic carbocycles. The summed E-state index contributed by atoms with van der Waals surface area (Å²) in [7, 11) is 0. The van der Waals surface area contributed by atoms with E-state index in [9.17, 15) is 0 Å². The number of hydrogen-bond donors (Lipinski definition) is 0. The summed E-state index contributed by atoms with van der Waals surface area (Å²) in [6.07, 6.45) is 14.1. The van der Waals surface area contributed by atoms with E-state index in [2.05, 4.69) is 13.0 Å². The Morgan fingerprint density at radius 2 is 1.29 bits per heavy atom. The molecule has 2 heteroatoms. The van der Waals surface area contributed by atoms with Gasteiger partial charge in [-0.3, -0.25) is 0 Å². The molecule has 100 valence electrons. The molecule has 0 aromatic heterocycles. The predicted molar refractivity (Wildman–Crippen MR) is 72.9 cm³/mol. The van der Waals surface area contributed by atoms with Crippen LogP contribution in [0.1, 0.15) is 77.6 Å². The largest absolute Gasteiger partial charge is 0.380 e. The standard InChI is InChI=1S/C15H29NO/c1-2-3-4-5-6-7-8-9-10-11-14-17-15-12-13-16/h2-12,14-15H2,1H3. The highest BCUT2D eigenvalue weighted by Crippen LogP contribution is 2.10. The van der Waals surface area contributed by atoms with Gasteiger partial charge in [0.25, 0.3) is 0 Å². The third-order valence-electron chi connectivity index (χ3n) is 3.00. The second-order valence-corrected chi connectivity index (χ2v) is 4.70. The fraction of sp³-hybridized carbons (Fsp3) is 0.933. The highest BCUT2D eigenvalue weighted by Gasteiger charge is 1.93. The van der Waals surface area contributed by atoms with Crippen molar-refractivity contribution in [1.82, 2.24) is 0 Å². The summed E-state index contributed by atoms with van der Waals surface area (Å²) in [4.78, 5) is 0. The van der Waals surface area contributed by atoms with Crippen molar-refractivity contribution in [3.63, 3.8) is 0 Å². The number of hydrogen-bond acceptors (Lipinski definition) is 2. The van der Waals surface area contributed by atoms with Crippen LogP contribution in [0.2, 0.25) is 0 Å². The van der Waals surface area contributed by atoms with Crippen LogP contribution in [0.15, 0.2) is 0 Å². The quantitative estimate of drug-likeness (QED) is 0.431. The van der Waals surface area contributed by atoms with E-state index >= 15 is 0 Å². The number of unbranched alkanes of at least 4 members (excludes halogenated alkanes) is 9. The fourth-order valence-corrected chi connectivity index (χ4v) is 1.91. The van der Waals surface area contributed by atoms with E-state index in [0.717, 1.165) is 13.0 Å². The average Bonchev–Trinajstić information content (AvgIpc) is 2.35. The highest BCUT2D eigenvalue weighted by molar-refractivity contribution is 4.66. The molecule has 0 radical (unpaired) electrons. The van der Waals surface area contributed by atoms with E-state index in [-0.39, 0.29) is 0 Å². The molecule has 0 spiro atoms. The fourth-order valence-electron chi connectivity index (χ4n) is 1.91. The molecule has 0 N–H and O–H groups in total. The maximum atomic E-state index is 8.31. The minimum Gasteiger partial charge on any atom is -0.380 e. The molecule has 17 heavy (non-hydrogen) atoms. The van der Waals surface area contributed by atoms with E-state index in [4.69, 9.17) is 10.00 Å². The van der Waals surface area contributed by atoms with Crippen molar-refractivity contribution in [2.45, 2.75) is 77.6 Å². The summed E-state index contributed by atoms with van der Waals surface area (Å²) in [6.45, 7) is 3.70. The van der Waals surface area contributed by atoms with Gasteiger partial charge >= 0.3 is 0 Å². The summed E-state index contributed by atoms with van der Waals surface area (Å²) in [5, 5.41) is 8.31. The Morgan fingerprint density at radius 3 is 1.82 bits per heavy atom. The number of ether oxygens (including phenoxy) is 1. The summed E-state index contributed by atoms with van der Waals surface area (Å²) in [6, 6.07) is 2.08. The molecule has 0 rings (SSSR count). The van der Waals surface area contributed by atoms with E-state index in [1.54, 1.807) is 0 Å². The first-order valence-corrected chi connectivity index (χ1v) is 7.36. The molecule has 0 aliphatic heterocycles. The van der Waals surface area contributed by atoms with Crippen molar-refractivity contribution in [1.29, 1.82) is 5.26 Å². The zero-order valence-electron chi connectivity index (χ0n) is 11.5. The van der Waals surface area contributed by atoms with Crippen LogP contribution in [-0.4, -0.2) is 13.2 Å². The normalized spacial score (nSPS) is 10.4. The van der Waals surface area contributed by atoms with Gasteiger partial charge in [-0.25, -0.2) is 0 Å². The van der Waals surface area contributed by atoms with Crippen LogP contribution in [0.4, 0.5) is 0 Å². The minimum absolute atomic E-state index is 0.526. The molecule has 0 bridgehead atoms. The van der Waals surface area contributed by atoms with Crippen LogP contribution in [0.25, 0.3) is 0 Å². The molecule has 0 aromatic rings. The lowest BCUT2D eigenvalue weighted by atomic mass is 10.1. The van der Waals surface area contributed by atoms with Gasteiger partial charge in [0.2, 0.25) is 0 Å². The molecule has 2 nitrogen and oxygen atoms in total. The van der Waals surface area contributed by atoms with Gasteiger partial charge in [0.15, 0.2) is 0 Å². The van der Waals surface area contributed by atoms with Gasteiger partial charge in [0, 0.05) is 6.61 Å². The first-order chi connectivity index (χ1) is 8.41. The van der Waals surface area contributed by atoms with Gasteiger partial charge in [-0.05, 0) is 6.42 Å². The SMILES string of the molecule is CCCCCCCCCCCCOCCC#N. The topological polar surface area (TPSA) is 33.0 Å². The molecule has 0 unspecified atom stereocenters. The Kier molecular flexibility index (Phi) is 15.0. The third kappa shape index (κ3) is 15.4. The minimum atomic E-state index is 0.526. The van der Waals surface area contributed by atoms with Crippen molar-refractivity contribution < 1.29 is 4.74 Å². The van der Waals surface area contributed by atoms with E-state index in [1.807, 2.05) is 0 Å². The van der Waals surface area contributed by atoms with Gasteiger partial charge in [-0.2, -0.15) is 5.26 Å². The smallest absolute Gasteiger partial charge is 0.0645 e. The number of nitriles is 1. The van der Waals surface area contributed by atoms with Crippen LogP contribution in [-0.2, 0) is 4.74 Å². The van der Waals surface area contributed by atoms with Gasteiger partial charge in [0.05, 0.1) is 19.1 Å². The molecule has 0 saturated carbocycles. The van der Waals surface area contributed by atoms with Crippen LogP contribution in [0, 0.1) is 11.3 Å². The van der Waals surface area contributed by atoms with Crippen LogP contribution >= 0.6 is 0 Å². The molecular formula is C15H29NO. The zero-order chi connectivity index (χ0) is 12.6. The zero-order valence-corrected chi connectivity index (χ0v) is 11.5. The molecule has 0 aliphatic rings. The Hall–Kier alpha value is -0.550. The molecule has 0 amide bonds. The first-order valence-electron chi connectivity index (χ1n) is 7.36. The average molecular weight is 239 g/mol. The lowest BCUT2D eigenvalue weighted by molar-refractivity contribution is 0.135. The van der Waals surface area contributed by atoms with Crippen molar-refractivity contribution in [3.8, 4) is 6.07 Å². The van der Waals surface area contributed by atoms with E-state index < -0.39 is 0 Å². The highest BCUT2D eigenvalue weighted by atomic mass is 16.5. The van der Waals surface area contributed by atoms with Crippen LogP contribution in [0.5, 0.6) is 0 Å². The van der Waals surface area contributed by atoms with Crippen molar-refractivity contribution in [2.24, 2.45) is 0 Å². The van der Waals surface area contributed by atoms with Crippen LogP contribution < -0.4 is 0 Å². The van der Waals surface area contributed by atoms with Gasteiger partial charge in [-0.1, -0.05) is 64.7 Å². The van der Waals surface area contributed by atoms with E-state index in [1.165, 1.54) is 57.8 Å². The Bertz CT molecular complexity index is 174. The monoisotopic (exact) mass is 239 g/mol. The second-order valence-electron chi connectivity index (χ2n) is 4.70. The van der Waals surface area contributed by atoms with Crippen molar-refractivity contribution >= 4 is 0 Å². The molecule has 0 fully saturated rings. The molecule has 0 atom stereocenters. The maximum Gasteiger partial charge on any atom is 0.0645 e. The van der Waals surface area contributed by atoms with E-state index in [0.29, 0.717) is 13.0 Å². The molecule has 0 saturated heterocycles. The van der Waals surface area contributed by atoms with Crippen molar-refractivity contribution in [2.75, 3.05) is 13.2 Å². The van der Waals surface area contributed by atoms with Gasteiger partial charge in [-0.15, -0.1) is 0 Å². The second kappa shape index (κ2) is 15.4. The van der Waals surface area contributed by atoms with Crippen LogP contribution in [0.3, 0.4) is 0 Å². The summed E-state index contributed by atoms with van der Waals surface area (Å²) >= 11 is 0. The van der Waals surface area contributed by atoms with Gasteiger partial charge < -0.3 is 4.74 Å². The molecule has 0 aromatic carbocycles. The molecule has 0 heterocycles. The van der Waals surface area contributed by atoms with Gasteiger partial charge in [0.1, 0.15) is 0 Å². The number of rotatable bonds is 13. The number of nitrogens with zero attached hydrogens (tertiary/aromatic N) is 1.